The van der Waals surface area contributed by atoms with Gasteiger partial charge >= 0.3 is 6.03 Å². The maximum atomic E-state index is 13.7. The lowest BCUT2D eigenvalue weighted by molar-refractivity contribution is 0.0671. The van der Waals surface area contributed by atoms with Gasteiger partial charge in [0.05, 0.1) is 5.69 Å². The van der Waals surface area contributed by atoms with Gasteiger partial charge in [-0.25, -0.2) is 18.0 Å². The molecule has 27 heavy (non-hydrogen) atoms. The summed E-state index contributed by atoms with van der Waals surface area (Å²) in [6.45, 7) is 2.65. The van der Waals surface area contributed by atoms with Gasteiger partial charge in [0.1, 0.15) is 17.5 Å². The van der Waals surface area contributed by atoms with Crippen LogP contribution in [0.4, 0.5) is 23.7 Å². The van der Waals surface area contributed by atoms with Crippen molar-refractivity contribution >= 4 is 17.6 Å². The molecular formula is C19H18F3N3O2. The van der Waals surface area contributed by atoms with E-state index in [-0.39, 0.29) is 43.3 Å². The van der Waals surface area contributed by atoms with Crippen LogP contribution >= 0.6 is 0 Å². The fourth-order valence-electron chi connectivity index (χ4n) is 2.81. The number of rotatable bonds is 2. The zero-order valence-corrected chi connectivity index (χ0v) is 14.6. The van der Waals surface area contributed by atoms with E-state index in [0.717, 1.165) is 12.1 Å². The molecule has 0 atom stereocenters. The number of nitrogens with one attached hydrogen (secondary N) is 1. The highest BCUT2D eigenvalue weighted by Crippen LogP contribution is 2.17. The molecule has 2 aromatic rings. The Kier molecular flexibility index (Phi) is 5.34. The molecule has 142 valence electrons. The fourth-order valence-corrected chi connectivity index (χ4v) is 2.81. The smallest absolute Gasteiger partial charge is 0.322 e. The summed E-state index contributed by atoms with van der Waals surface area (Å²) in [6, 6.07) is 6.67. The van der Waals surface area contributed by atoms with Crippen molar-refractivity contribution in [1.82, 2.24) is 9.80 Å². The third-order valence-electron chi connectivity index (χ3n) is 4.45. The van der Waals surface area contributed by atoms with Crippen molar-refractivity contribution in [3.8, 4) is 0 Å². The molecule has 1 heterocycles. The van der Waals surface area contributed by atoms with E-state index in [0.29, 0.717) is 11.6 Å². The van der Waals surface area contributed by atoms with Crippen LogP contribution in [0.3, 0.4) is 0 Å². The van der Waals surface area contributed by atoms with Gasteiger partial charge in [-0.1, -0.05) is 6.07 Å². The molecule has 5 nitrogen and oxygen atoms in total. The van der Waals surface area contributed by atoms with E-state index in [2.05, 4.69) is 5.32 Å². The Labute approximate surface area is 154 Å². The highest BCUT2D eigenvalue weighted by molar-refractivity contribution is 5.94. The van der Waals surface area contributed by atoms with Crippen molar-refractivity contribution in [3.63, 3.8) is 0 Å². The average Bonchev–Trinajstić information content (AvgIpc) is 2.65. The highest BCUT2D eigenvalue weighted by atomic mass is 19.1. The number of aryl methyl sites for hydroxylation is 1. The first-order valence-corrected chi connectivity index (χ1v) is 8.41. The number of benzene rings is 2. The quantitative estimate of drug-likeness (QED) is 0.872. The minimum absolute atomic E-state index is 0.116. The van der Waals surface area contributed by atoms with Gasteiger partial charge in [0.15, 0.2) is 0 Å². The summed E-state index contributed by atoms with van der Waals surface area (Å²) in [5.74, 6) is -2.34. The molecule has 1 aliphatic heterocycles. The van der Waals surface area contributed by atoms with Gasteiger partial charge in [-0.2, -0.15) is 0 Å². The minimum Gasteiger partial charge on any atom is -0.335 e. The number of halogens is 3. The lowest BCUT2D eigenvalue weighted by Crippen LogP contribution is -2.51. The molecular weight excluding hydrogens is 359 g/mol. The van der Waals surface area contributed by atoms with E-state index in [1.54, 1.807) is 19.1 Å². The summed E-state index contributed by atoms with van der Waals surface area (Å²) in [4.78, 5) is 27.7. The van der Waals surface area contributed by atoms with E-state index in [1.807, 2.05) is 0 Å². The number of hydrogen-bond acceptors (Lipinski definition) is 2. The summed E-state index contributed by atoms with van der Waals surface area (Å²) in [7, 11) is 0. The molecule has 2 aromatic carbocycles. The molecule has 3 amide bonds. The maximum absolute atomic E-state index is 13.7. The number of piperazine rings is 1. The summed E-state index contributed by atoms with van der Waals surface area (Å²) in [5, 5.41) is 2.39. The predicted molar refractivity (Wildman–Crippen MR) is 94.0 cm³/mol. The van der Waals surface area contributed by atoms with E-state index in [4.69, 9.17) is 0 Å². The van der Waals surface area contributed by atoms with Crippen LogP contribution in [0.1, 0.15) is 15.9 Å². The van der Waals surface area contributed by atoms with Gasteiger partial charge in [-0.15, -0.1) is 0 Å². The van der Waals surface area contributed by atoms with E-state index in [1.165, 1.54) is 15.9 Å². The van der Waals surface area contributed by atoms with Crippen molar-refractivity contribution in [2.75, 3.05) is 31.5 Å². The maximum Gasteiger partial charge on any atom is 0.322 e. The van der Waals surface area contributed by atoms with Crippen molar-refractivity contribution in [2.24, 2.45) is 0 Å². The Hall–Kier alpha value is -3.03. The first-order chi connectivity index (χ1) is 12.8. The van der Waals surface area contributed by atoms with Crippen LogP contribution in [0.25, 0.3) is 0 Å². The van der Waals surface area contributed by atoms with Gasteiger partial charge in [-0.3, -0.25) is 4.79 Å². The van der Waals surface area contributed by atoms with Gasteiger partial charge in [0.25, 0.3) is 5.91 Å². The summed E-state index contributed by atoms with van der Waals surface area (Å²) >= 11 is 0. The topological polar surface area (TPSA) is 52.7 Å². The molecule has 0 radical (unpaired) electrons. The molecule has 0 saturated carbocycles. The molecule has 1 aliphatic rings. The van der Waals surface area contributed by atoms with Crippen LogP contribution in [0.2, 0.25) is 0 Å². The summed E-state index contributed by atoms with van der Waals surface area (Å²) in [5.41, 5.74) is 0.598. The Morgan fingerprint density at radius 1 is 0.889 bits per heavy atom. The average molecular weight is 377 g/mol. The molecule has 1 saturated heterocycles. The Bertz CT molecular complexity index is 880. The van der Waals surface area contributed by atoms with Gasteiger partial charge in [0.2, 0.25) is 0 Å². The number of nitrogens with zero attached hydrogens (tertiary/aromatic N) is 2. The minimum atomic E-state index is -0.862. The van der Waals surface area contributed by atoms with E-state index >= 15 is 0 Å². The molecule has 0 aliphatic carbocycles. The lowest BCUT2D eigenvalue weighted by Gasteiger charge is -2.34. The molecule has 8 heteroatoms. The van der Waals surface area contributed by atoms with Crippen LogP contribution in [-0.2, 0) is 0 Å². The second kappa shape index (κ2) is 7.69. The second-order valence-electron chi connectivity index (χ2n) is 6.30. The van der Waals surface area contributed by atoms with E-state index < -0.39 is 23.5 Å². The number of carbonyl (C=O) groups is 2. The zero-order valence-electron chi connectivity index (χ0n) is 14.6. The van der Waals surface area contributed by atoms with Crippen LogP contribution in [0.5, 0.6) is 0 Å². The molecule has 0 spiro atoms. The fraction of sp³-hybridized carbons (Fsp3) is 0.263. The SMILES string of the molecule is Cc1ccc(C(=O)N2CCN(C(=O)Nc3ccc(F)cc3F)CC2)cc1F. The van der Waals surface area contributed by atoms with Gasteiger partial charge < -0.3 is 15.1 Å². The monoisotopic (exact) mass is 377 g/mol. The standard InChI is InChI=1S/C19H18F3N3O2/c1-12-2-3-13(10-15(12)21)18(26)24-6-8-25(9-7-24)19(27)23-17-5-4-14(20)11-16(17)22/h2-5,10-11H,6-9H2,1H3,(H,23,27). The number of carbonyl (C=O) groups excluding carboxylic acids is 2. The van der Waals surface area contributed by atoms with Crippen molar-refractivity contribution in [1.29, 1.82) is 0 Å². The largest absolute Gasteiger partial charge is 0.335 e. The summed E-state index contributed by atoms with van der Waals surface area (Å²) < 4.78 is 40.2. The first kappa shape index (κ1) is 18.8. The number of amides is 3. The molecule has 1 N–H and O–H groups in total. The molecule has 3 rings (SSSR count). The second-order valence-corrected chi connectivity index (χ2v) is 6.30. The van der Waals surface area contributed by atoms with E-state index in [9.17, 15) is 22.8 Å². The zero-order chi connectivity index (χ0) is 19.6. The number of anilines is 1. The highest BCUT2D eigenvalue weighted by Gasteiger charge is 2.25. The Balaban J connectivity index is 1.58. The number of hydrogen-bond donors (Lipinski definition) is 1. The third kappa shape index (κ3) is 4.21. The van der Waals surface area contributed by atoms with Gasteiger partial charge in [-0.05, 0) is 36.8 Å². The van der Waals surface area contributed by atoms with Crippen molar-refractivity contribution in [3.05, 3.63) is 65.0 Å². The van der Waals surface area contributed by atoms with Gasteiger partial charge in [0, 0.05) is 37.8 Å². The van der Waals surface area contributed by atoms with Crippen LogP contribution in [-0.4, -0.2) is 47.9 Å². The van der Waals surface area contributed by atoms with Crippen LogP contribution in [0.15, 0.2) is 36.4 Å². The van der Waals surface area contributed by atoms with Crippen molar-refractivity contribution < 1.29 is 22.8 Å². The first-order valence-electron chi connectivity index (χ1n) is 8.41. The Morgan fingerprint density at radius 3 is 2.19 bits per heavy atom. The molecule has 0 unspecified atom stereocenters. The summed E-state index contributed by atoms with van der Waals surface area (Å²) in [6.07, 6.45) is 0. The molecule has 0 bridgehead atoms. The molecule has 1 fully saturated rings. The van der Waals surface area contributed by atoms with Crippen molar-refractivity contribution in [2.45, 2.75) is 6.92 Å². The molecule has 0 aromatic heterocycles. The number of urea groups is 1. The third-order valence-corrected chi connectivity index (χ3v) is 4.45. The normalized spacial score (nSPS) is 14.2. The van der Waals surface area contributed by atoms with Crippen LogP contribution < -0.4 is 5.32 Å². The Morgan fingerprint density at radius 2 is 1.56 bits per heavy atom. The lowest BCUT2D eigenvalue weighted by atomic mass is 10.1. The predicted octanol–water partition coefficient (Wildman–Crippen LogP) is 3.40. The van der Waals surface area contributed by atoms with Crippen LogP contribution in [0, 0.1) is 24.4 Å².